The Hall–Kier alpha value is -0.940. The minimum atomic E-state index is -0.388. The fourth-order valence-electron chi connectivity index (χ4n) is 2.47. The molecule has 0 bridgehead atoms. The number of carbonyl (C=O) groups is 1. The third-order valence-electron chi connectivity index (χ3n) is 3.63. The molecule has 1 unspecified atom stereocenters. The second kappa shape index (κ2) is 6.01. The summed E-state index contributed by atoms with van der Waals surface area (Å²) in [7, 11) is 3.85. The van der Waals surface area contributed by atoms with Gasteiger partial charge < -0.3 is 9.80 Å². The Kier molecular flexibility index (Phi) is 4.58. The minimum Gasteiger partial charge on any atom is -0.337 e. The predicted molar refractivity (Wildman–Crippen MR) is 76.7 cm³/mol. The summed E-state index contributed by atoms with van der Waals surface area (Å²) in [5, 5.41) is 0. The van der Waals surface area contributed by atoms with Gasteiger partial charge in [0.25, 0.3) is 5.91 Å². The summed E-state index contributed by atoms with van der Waals surface area (Å²) in [6.45, 7) is 1.94. The Bertz CT molecular complexity index is 481. The molecule has 1 saturated heterocycles. The summed E-state index contributed by atoms with van der Waals surface area (Å²) >= 11 is 3.31. The first-order valence-corrected chi connectivity index (χ1v) is 7.19. The van der Waals surface area contributed by atoms with Crippen molar-refractivity contribution >= 4 is 21.8 Å². The van der Waals surface area contributed by atoms with Crippen LogP contribution in [0.1, 0.15) is 23.2 Å². The van der Waals surface area contributed by atoms with Gasteiger partial charge in [-0.1, -0.05) is 0 Å². The number of hydrogen-bond donors (Lipinski definition) is 0. The topological polar surface area (TPSA) is 23.6 Å². The van der Waals surface area contributed by atoms with E-state index < -0.39 is 0 Å². The Balaban J connectivity index is 2.16. The molecule has 1 atom stereocenters. The van der Waals surface area contributed by atoms with Crippen molar-refractivity contribution in [2.45, 2.75) is 18.9 Å². The fraction of sp³-hybridized carbons (Fsp3) is 0.500. The Morgan fingerprint density at radius 2 is 2.26 bits per heavy atom. The first kappa shape index (κ1) is 14.5. The molecule has 0 aromatic heterocycles. The summed E-state index contributed by atoms with van der Waals surface area (Å²) in [4.78, 5) is 16.4. The summed E-state index contributed by atoms with van der Waals surface area (Å²) in [5.41, 5.74) is 0.385. The summed E-state index contributed by atoms with van der Waals surface area (Å²) in [6.07, 6.45) is 2.09. The van der Waals surface area contributed by atoms with Gasteiger partial charge in [0.15, 0.2) is 0 Å². The Labute approximate surface area is 121 Å². The van der Waals surface area contributed by atoms with Gasteiger partial charge in [-0.05, 0) is 60.6 Å². The van der Waals surface area contributed by atoms with Crippen LogP contribution < -0.4 is 0 Å². The Morgan fingerprint density at radius 1 is 1.53 bits per heavy atom. The second-order valence-corrected chi connectivity index (χ2v) is 5.95. The maximum atomic E-state index is 13.3. The van der Waals surface area contributed by atoms with Gasteiger partial charge in [-0.3, -0.25) is 4.79 Å². The SMILES string of the molecule is CN1CCCC(N(C)C(=O)c2cc(F)ccc2Br)C1. The van der Waals surface area contributed by atoms with Gasteiger partial charge in [-0.25, -0.2) is 4.39 Å². The molecule has 1 aromatic carbocycles. The number of likely N-dealkylation sites (tertiary alicyclic amines) is 1. The fourth-order valence-corrected chi connectivity index (χ4v) is 2.89. The van der Waals surface area contributed by atoms with Crippen molar-refractivity contribution in [3.05, 3.63) is 34.1 Å². The van der Waals surface area contributed by atoms with Crippen LogP contribution >= 0.6 is 15.9 Å². The van der Waals surface area contributed by atoms with Crippen LogP contribution in [0.2, 0.25) is 0 Å². The molecule has 19 heavy (non-hydrogen) atoms. The van der Waals surface area contributed by atoms with E-state index in [1.165, 1.54) is 12.1 Å². The number of halogens is 2. The smallest absolute Gasteiger partial charge is 0.255 e. The standard InChI is InChI=1S/C14H18BrFN2O/c1-17-7-3-4-11(9-17)18(2)14(19)12-8-10(16)5-6-13(12)15/h5-6,8,11H,3-4,7,9H2,1-2H3. The average molecular weight is 329 g/mol. The number of amides is 1. The highest BCUT2D eigenvalue weighted by molar-refractivity contribution is 9.10. The molecule has 1 aliphatic heterocycles. The summed E-state index contributed by atoms with van der Waals surface area (Å²) in [6, 6.07) is 4.40. The van der Waals surface area contributed by atoms with E-state index in [9.17, 15) is 9.18 Å². The van der Waals surface area contributed by atoms with Gasteiger partial charge in [-0.2, -0.15) is 0 Å². The first-order chi connectivity index (χ1) is 8.99. The Morgan fingerprint density at radius 3 is 2.95 bits per heavy atom. The molecule has 1 aliphatic rings. The first-order valence-electron chi connectivity index (χ1n) is 6.40. The van der Waals surface area contributed by atoms with E-state index in [1.54, 1.807) is 18.0 Å². The average Bonchev–Trinajstić information content (AvgIpc) is 2.40. The highest BCUT2D eigenvalue weighted by atomic mass is 79.9. The van der Waals surface area contributed by atoms with E-state index >= 15 is 0 Å². The van der Waals surface area contributed by atoms with Crippen LogP contribution in [0.25, 0.3) is 0 Å². The number of rotatable bonds is 2. The minimum absolute atomic E-state index is 0.133. The lowest BCUT2D eigenvalue weighted by Gasteiger charge is -2.36. The number of nitrogens with zero attached hydrogens (tertiary/aromatic N) is 2. The lowest BCUT2D eigenvalue weighted by atomic mass is 10.0. The van der Waals surface area contributed by atoms with Crippen molar-refractivity contribution in [1.29, 1.82) is 0 Å². The predicted octanol–water partition coefficient (Wildman–Crippen LogP) is 2.75. The van der Waals surface area contributed by atoms with Crippen LogP contribution in [0.4, 0.5) is 4.39 Å². The zero-order valence-electron chi connectivity index (χ0n) is 11.2. The van der Waals surface area contributed by atoms with Gasteiger partial charge in [0.05, 0.1) is 5.56 Å². The molecule has 5 heteroatoms. The molecule has 0 aliphatic carbocycles. The molecule has 2 rings (SSSR count). The van der Waals surface area contributed by atoms with Crippen LogP contribution in [-0.4, -0.2) is 48.9 Å². The van der Waals surface area contributed by atoms with E-state index in [-0.39, 0.29) is 17.8 Å². The number of hydrogen-bond acceptors (Lipinski definition) is 2. The molecule has 3 nitrogen and oxygen atoms in total. The van der Waals surface area contributed by atoms with Crippen molar-refractivity contribution in [3.8, 4) is 0 Å². The lowest BCUT2D eigenvalue weighted by Crippen LogP contribution is -2.47. The molecule has 104 valence electrons. The zero-order valence-corrected chi connectivity index (χ0v) is 12.8. The van der Waals surface area contributed by atoms with Crippen LogP contribution in [-0.2, 0) is 0 Å². The second-order valence-electron chi connectivity index (χ2n) is 5.10. The molecule has 1 amide bonds. The van der Waals surface area contributed by atoms with Crippen LogP contribution in [0, 0.1) is 5.82 Å². The quantitative estimate of drug-likeness (QED) is 0.833. The molecule has 1 aromatic rings. The third kappa shape index (κ3) is 3.34. The number of likely N-dealkylation sites (N-methyl/N-ethyl adjacent to an activating group) is 2. The van der Waals surface area contributed by atoms with Crippen LogP contribution in [0.15, 0.2) is 22.7 Å². The summed E-state index contributed by atoms with van der Waals surface area (Å²) < 4.78 is 13.9. The lowest BCUT2D eigenvalue weighted by molar-refractivity contribution is 0.0642. The monoisotopic (exact) mass is 328 g/mol. The van der Waals surface area contributed by atoms with E-state index in [1.807, 2.05) is 0 Å². The van der Waals surface area contributed by atoms with Crippen LogP contribution in [0.3, 0.4) is 0 Å². The third-order valence-corrected chi connectivity index (χ3v) is 4.32. The summed E-state index contributed by atoms with van der Waals surface area (Å²) in [5.74, 6) is -0.521. The molecule has 0 N–H and O–H groups in total. The van der Waals surface area contributed by atoms with E-state index in [4.69, 9.17) is 0 Å². The maximum Gasteiger partial charge on any atom is 0.255 e. The van der Waals surface area contributed by atoms with E-state index in [2.05, 4.69) is 27.9 Å². The van der Waals surface area contributed by atoms with Crippen molar-refractivity contribution < 1.29 is 9.18 Å². The van der Waals surface area contributed by atoms with Gasteiger partial charge in [0.1, 0.15) is 5.82 Å². The van der Waals surface area contributed by atoms with E-state index in [0.717, 1.165) is 25.9 Å². The number of piperidine rings is 1. The van der Waals surface area contributed by atoms with Gasteiger partial charge in [0, 0.05) is 24.1 Å². The van der Waals surface area contributed by atoms with Gasteiger partial charge >= 0.3 is 0 Å². The number of benzene rings is 1. The number of carbonyl (C=O) groups excluding carboxylic acids is 1. The molecule has 0 saturated carbocycles. The van der Waals surface area contributed by atoms with Crippen molar-refractivity contribution in [2.75, 3.05) is 27.2 Å². The highest BCUT2D eigenvalue weighted by Gasteiger charge is 2.26. The van der Waals surface area contributed by atoms with Gasteiger partial charge in [-0.15, -0.1) is 0 Å². The largest absolute Gasteiger partial charge is 0.337 e. The van der Waals surface area contributed by atoms with E-state index in [0.29, 0.717) is 10.0 Å². The molecule has 1 fully saturated rings. The van der Waals surface area contributed by atoms with Crippen molar-refractivity contribution in [2.24, 2.45) is 0 Å². The van der Waals surface area contributed by atoms with Crippen molar-refractivity contribution in [1.82, 2.24) is 9.80 Å². The zero-order chi connectivity index (χ0) is 14.0. The maximum absolute atomic E-state index is 13.3. The normalized spacial score (nSPS) is 20.3. The van der Waals surface area contributed by atoms with Crippen LogP contribution in [0.5, 0.6) is 0 Å². The molecule has 0 spiro atoms. The molecular formula is C14H18BrFN2O. The molecule has 0 radical (unpaired) electrons. The molecular weight excluding hydrogens is 311 g/mol. The van der Waals surface area contributed by atoms with Gasteiger partial charge in [0.2, 0.25) is 0 Å². The van der Waals surface area contributed by atoms with Crippen molar-refractivity contribution in [3.63, 3.8) is 0 Å². The highest BCUT2D eigenvalue weighted by Crippen LogP contribution is 2.22. The molecule has 1 heterocycles.